The Morgan fingerprint density at radius 3 is 2.78 bits per heavy atom. The predicted molar refractivity (Wildman–Crippen MR) is 67.5 cm³/mol. The number of carbonyl (C=O) groups is 1. The normalized spacial score (nSPS) is 15.8. The Morgan fingerprint density at radius 2 is 2.11 bits per heavy atom. The van der Waals surface area contributed by atoms with E-state index in [-0.39, 0.29) is 5.56 Å². The molecule has 1 heterocycles. The SMILES string of the molecule is O=C(O)c1c(F)cccc1NCCN1CCCC1. The molecule has 0 atom stereocenters. The molecule has 1 aromatic carbocycles. The molecule has 0 spiro atoms. The summed E-state index contributed by atoms with van der Waals surface area (Å²) in [6, 6.07) is 4.27. The maximum atomic E-state index is 13.4. The number of anilines is 1. The lowest BCUT2D eigenvalue weighted by Gasteiger charge is -2.16. The first-order valence-corrected chi connectivity index (χ1v) is 6.16. The zero-order chi connectivity index (χ0) is 13.0. The number of halogens is 1. The molecule has 0 aromatic heterocycles. The average molecular weight is 252 g/mol. The van der Waals surface area contributed by atoms with E-state index in [0.29, 0.717) is 12.2 Å². The topological polar surface area (TPSA) is 52.6 Å². The zero-order valence-electron chi connectivity index (χ0n) is 10.2. The van der Waals surface area contributed by atoms with Gasteiger partial charge in [0.2, 0.25) is 0 Å². The summed E-state index contributed by atoms with van der Waals surface area (Å²) in [5.74, 6) is -1.94. The molecule has 0 radical (unpaired) electrons. The molecule has 1 saturated heterocycles. The van der Waals surface area contributed by atoms with Gasteiger partial charge in [-0.25, -0.2) is 9.18 Å². The van der Waals surface area contributed by atoms with Crippen molar-refractivity contribution in [3.8, 4) is 0 Å². The second-order valence-corrected chi connectivity index (χ2v) is 4.44. The summed E-state index contributed by atoms with van der Waals surface area (Å²) >= 11 is 0. The number of nitrogens with one attached hydrogen (secondary N) is 1. The summed E-state index contributed by atoms with van der Waals surface area (Å²) in [6.07, 6.45) is 2.45. The van der Waals surface area contributed by atoms with Gasteiger partial charge in [-0.15, -0.1) is 0 Å². The minimum atomic E-state index is -1.24. The monoisotopic (exact) mass is 252 g/mol. The molecular weight excluding hydrogens is 235 g/mol. The van der Waals surface area contributed by atoms with Crippen molar-refractivity contribution in [2.45, 2.75) is 12.8 Å². The molecule has 0 bridgehead atoms. The Labute approximate surface area is 105 Å². The van der Waals surface area contributed by atoms with Crippen LogP contribution in [0.5, 0.6) is 0 Å². The van der Waals surface area contributed by atoms with Gasteiger partial charge in [0.15, 0.2) is 0 Å². The van der Waals surface area contributed by atoms with Crippen molar-refractivity contribution < 1.29 is 14.3 Å². The summed E-state index contributed by atoms with van der Waals surface area (Å²) in [7, 11) is 0. The predicted octanol–water partition coefficient (Wildman–Crippen LogP) is 2.03. The number of carboxylic acids is 1. The van der Waals surface area contributed by atoms with Gasteiger partial charge in [0, 0.05) is 13.1 Å². The van der Waals surface area contributed by atoms with Crippen molar-refractivity contribution in [1.29, 1.82) is 0 Å². The molecule has 0 amide bonds. The van der Waals surface area contributed by atoms with Gasteiger partial charge in [-0.1, -0.05) is 6.07 Å². The number of benzene rings is 1. The molecule has 98 valence electrons. The minimum absolute atomic E-state index is 0.279. The molecule has 1 fully saturated rings. The third kappa shape index (κ3) is 2.98. The van der Waals surface area contributed by atoms with E-state index in [1.807, 2.05) is 0 Å². The highest BCUT2D eigenvalue weighted by molar-refractivity contribution is 5.94. The number of hydrogen-bond donors (Lipinski definition) is 2. The van der Waals surface area contributed by atoms with E-state index in [1.165, 1.54) is 18.9 Å². The smallest absolute Gasteiger partial charge is 0.340 e. The summed E-state index contributed by atoms with van der Waals surface area (Å²) in [4.78, 5) is 13.3. The molecule has 2 rings (SSSR count). The van der Waals surface area contributed by atoms with E-state index in [2.05, 4.69) is 10.2 Å². The van der Waals surface area contributed by atoms with Crippen LogP contribution in [0.25, 0.3) is 0 Å². The second-order valence-electron chi connectivity index (χ2n) is 4.44. The van der Waals surface area contributed by atoms with E-state index in [9.17, 15) is 9.18 Å². The Morgan fingerprint density at radius 1 is 1.39 bits per heavy atom. The molecule has 4 nitrogen and oxygen atoms in total. The number of likely N-dealkylation sites (tertiary alicyclic amines) is 1. The van der Waals surface area contributed by atoms with E-state index < -0.39 is 11.8 Å². The van der Waals surface area contributed by atoms with Gasteiger partial charge < -0.3 is 15.3 Å². The van der Waals surface area contributed by atoms with Crippen LogP contribution >= 0.6 is 0 Å². The minimum Gasteiger partial charge on any atom is -0.478 e. The standard InChI is InChI=1S/C13H17FN2O2/c14-10-4-3-5-11(12(10)13(17)18)15-6-9-16-7-1-2-8-16/h3-5,15H,1-2,6-9H2,(H,17,18). The molecule has 5 heteroatoms. The van der Waals surface area contributed by atoms with Crippen molar-refractivity contribution in [2.24, 2.45) is 0 Å². The first-order chi connectivity index (χ1) is 8.68. The van der Waals surface area contributed by atoms with Crippen LogP contribution in [-0.4, -0.2) is 42.2 Å². The molecule has 2 N–H and O–H groups in total. The molecule has 1 aliphatic rings. The lowest BCUT2D eigenvalue weighted by molar-refractivity contribution is 0.0693. The van der Waals surface area contributed by atoms with Crippen LogP contribution in [0.4, 0.5) is 10.1 Å². The average Bonchev–Trinajstić information content (AvgIpc) is 2.81. The third-order valence-corrected chi connectivity index (χ3v) is 3.17. The summed E-state index contributed by atoms with van der Waals surface area (Å²) in [5.41, 5.74) is 0.0700. The van der Waals surface area contributed by atoms with E-state index in [1.54, 1.807) is 6.07 Å². The van der Waals surface area contributed by atoms with Crippen LogP contribution in [0, 0.1) is 5.82 Å². The van der Waals surface area contributed by atoms with Crippen LogP contribution in [0.2, 0.25) is 0 Å². The van der Waals surface area contributed by atoms with E-state index in [4.69, 9.17) is 5.11 Å². The number of nitrogens with zero attached hydrogens (tertiary/aromatic N) is 1. The van der Waals surface area contributed by atoms with Gasteiger partial charge in [-0.05, 0) is 38.1 Å². The van der Waals surface area contributed by atoms with Crippen LogP contribution in [-0.2, 0) is 0 Å². The molecule has 1 aliphatic heterocycles. The largest absolute Gasteiger partial charge is 0.478 e. The fourth-order valence-corrected chi connectivity index (χ4v) is 2.24. The fourth-order valence-electron chi connectivity index (χ4n) is 2.24. The van der Waals surface area contributed by atoms with Crippen molar-refractivity contribution in [2.75, 3.05) is 31.5 Å². The van der Waals surface area contributed by atoms with Gasteiger partial charge in [-0.3, -0.25) is 0 Å². The van der Waals surface area contributed by atoms with Crippen molar-refractivity contribution in [1.82, 2.24) is 4.90 Å². The first kappa shape index (κ1) is 12.8. The Balaban J connectivity index is 1.96. The highest BCUT2D eigenvalue weighted by Gasteiger charge is 2.16. The fraction of sp³-hybridized carbons (Fsp3) is 0.462. The van der Waals surface area contributed by atoms with Crippen LogP contribution in [0.15, 0.2) is 18.2 Å². The zero-order valence-corrected chi connectivity index (χ0v) is 10.2. The number of rotatable bonds is 5. The molecule has 18 heavy (non-hydrogen) atoms. The van der Waals surface area contributed by atoms with Crippen molar-refractivity contribution >= 4 is 11.7 Å². The Hall–Kier alpha value is -1.62. The van der Waals surface area contributed by atoms with Crippen LogP contribution in [0.1, 0.15) is 23.2 Å². The van der Waals surface area contributed by atoms with E-state index in [0.717, 1.165) is 25.7 Å². The molecular formula is C13H17FN2O2. The van der Waals surface area contributed by atoms with Gasteiger partial charge in [0.25, 0.3) is 0 Å². The molecule has 0 unspecified atom stereocenters. The lowest BCUT2D eigenvalue weighted by atomic mass is 10.1. The molecule has 1 aromatic rings. The number of aromatic carboxylic acids is 1. The summed E-state index contributed by atoms with van der Waals surface area (Å²) < 4.78 is 13.4. The van der Waals surface area contributed by atoms with Crippen LogP contribution in [0.3, 0.4) is 0 Å². The van der Waals surface area contributed by atoms with Gasteiger partial charge in [0.05, 0.1) is 5.69 Å². The van der Waals surface area contributed by atoms with Gasteiger partial charge in [0.1, 0.15) is 11.4 Å². The van der Waals surface area contributed by atoms with Crippen molar-refractivity contribution in [3.05, 3.63) is 29.6 Å². The van der Waals surface area contributed by atoms with Crippen LogP contribution < -0.4 is 5.32 Å². The van der Waals surface area contributed by atoms with Crippen molar-refractivity contribution in [3.63, 3.8) is 0 Å². The Bertz CT molecular complexity index is 431. The highest BCUT2D eigenvalue weighted by Crippen LogP contribution is 2.18. The Kier molecular flexibility index (Phi) is 4.15. The number of hydrogen-bond acceptors (Lipinski definition) is 3. The second kappa shape index (κ2) is 5.82. The van der Waals surface area contributed by atoms with E-state index >= 15 is 0 Å². The summed E-state index contributed by atoms with van der Waals surface area (Å²) in [5, 5.41) is 12.0. The quantitative estimate of drug-likeness (QED) is 0.842. The van der Waals surface area contributed by atoms with Gasteiger partial charge >= 0.3 is 5.97 Å². The highest BCUT2D eigenvalue weighted by atomic mass is 19.1. The first-order valence-electron chi connectivity index (χ1n) is 6.16. The maximum Gasteiger partial charge on any atom is 0.340 e. The molecule has 0 aliphatic carbocycles. The lowest BCUT2D eigenvalue weighted by Crippen LogP contribution is -2.26. The molecule has 0 saturated carbocycles. The summed E-state index contributed by atoms with van der Waals surface area (Å²) in [6.45, 7) is 3.67. The number of carboxylic acid groups (broad SMARTS) is 1. The third-order valence-electron chi connectivity index (χ3n) is 3.17. The maximum absolute atomic E-state index is 13.4. The van der Waals surface area contributed by atoms with Gasteiger partial charge in [-0.2, -0.15) is 0 Å².